The van der Waals surface area contributed by atoms with Gasteiger partial charge in [0, 0.05) is 6.54 Å². The molecule has 17 heavy (non-hydrogen) atoms. The van der Waals surface area contributed by atoms with Gasteiger partial charge in [-0.15, -0.1) is 0 Å². The molecule has 4 nitrogen and oxygen atoms in total. The van der Waals surface area contributed by atoms with E-state index in [1.807, 2.05) is 4.90 Å². The van der Waals surface area contributed by atoms with Gasteiger partial charge in [0.15, 0.2) is 0 Å². The van der Waals surface area contributed by atoms with Crippen molar-refractivity contribution in [3.05, 3.63) is 0 Å². The molecule has 4 heteroatoms. The summed E-state index contributed by atoms with van der Waals surface area (Å²) in [5.74, 6) is 0.734. The molecular weight excluding hydrogens is 214 g/mol. The Morgan fingerprint density at radius 2 is 2.06 bits per heavy atom. The zero-order valence-electron chi connectivity index (χ0n) is 11.7. The van der Waals surface area contributed by atoms with Crippen LogP contribution >= 0.6 is 0 Å². The van der Waals surface area contributed by atoms with Crippen LogP contribution < -0.4 is 5.32 Å². The van der Waals surface area contributed by atoms with Gasteiger partial charge in [0.05, 0.1) is 12.7 Å². The first-order valence-electron chi connectivity index (χ1n) is 6.85. The van der Waals surface area contributed by atoms with Gasteiger partial charge in [0.25, 0.3) is 0 Å². The van der Waals surface area contributed by atoms with Crippen LogP contribution in [0.5, 0.6) is 0 Å². The Morgan fingerprint density at radius 3 is 2.59 bits per heavy atom. The summed E-state index contributed by atoms with van der Waals surface area (Å²) in [6.07, 6.45) is 1.30. The molecule has 1 aliphatic heterocycles. The highest BCUT2D eigenvalue weighted by molar-refractivity contribution is 5.80. The van der Waals surface area contributed by atoms with Gasteiger partial charge in [0.2, 0.25) is 5.91 Å². The van der Waals surface area contributed by atoms with Crippen molar-refractivity contribution < 1.29 is 4.79 Å². The topological polar surface area (TPSA) is 35.6 Å². The van der Waals surface area contributed by atoms with Crippen LogP contribution in [0.15, 0.2) is 0 Å². The molecule has 1 atom stereocenters. The fourth-order valence-electron chi connectivity index (χ4n) is 2.42. The van der Waals surface area contributed by atoms with Gasteiger partial charge >= 0.3 is 0 Å². The molecule has 0 aliphatic carbocycles. The normalized spacial score (nSPS) is 20.9. The van der Waals surface area contributed by atoms with Crippen molar-refractivity contribution in [1.82, 2.24) is 15.1 Å². The lowest BCUT2D eigenvalue weighted by molar-refractivity contribution is -0.128. The molecule has 0 radical (unpaired) electrons. The van der Waals surface area contributed by atoms with Crippen LogP contribution in [0.1, 0.15) is 34.1 Å². The number of nitrogens with zero attached hydrogens (tertiary/aromatic N) is 2. The number of carbonyl (C=O) groups is 1. The smallest absolute Gasteiger partial charge is 0.237 e. The Kier molecular flexibility index (Phi) is 5.92. The van der Waals surface area contributed by atoms with Crippen molar-refractivity contribution in [2.24, 2.45) is 5.92 Å². The molecule has 0 aromatic rings. The molecule has 0 saturated carbocycles. The highest BCUT2D eigenvalue weighted by Crippen LogP contribution is 2.13. The Bertz CT molecular complexity index is 239. The van der Waals surface area contributed by atoms with Crippen LogP contribution in [-0.2, 0) is 4.79 Å². The third-order valence-electron chi connectivity index (χ3n) is 3.52. The minimum absolute atomic E-state index is 0.235. The maximum Gasteiger partial charge on any atom is 0.237 e. The van der Waals surface area contributed by atoms with Gasteiger partial charge in [-0.2, -0.15) is 0 Å². The summed E-state index contributed by atoms with van der Waals surface area (Å²) >= 11 is 0. The summed E-state index contributed by atoms with van der Waals surface area (Å²) in [4.78, 5) is 16.2. The first-order chi connectivity index (χ1) is 8.10. The lowest BCUT2D eigenvalue weighted by Crippen LogP contribution is -2.42. The predicted molar refractivity (Wildman–Crippen MR) is 70.7 cm³/mol. The Morgan fingerprint density at radius 1 is 1.41 bits per heavy atom. The van der Waals surface area contributed by atoms with E-state index in [4.69, 9.17) is 0 Å². The van der Waals surface area contributed by atoms with Crippen LogP contribution in [0.3, 0.4) is 0 Å². The largest absolute Gasteiger partial charge is 0.326 e. The molecule has 1 saturated heterocycles. The second kappa shape index (κ2) is 6.97. The van der Waals surface area contributed by atoms with Gasteiger partial charge in [-0.1, -0.05) is 27.7 Å². The van der Waals surface area contributed by atoms with Crippen LogP contribution in [0.4, 0.5) is 0 Å². The molecule has 1 aliphatic rings. The Balaban J connectivity index is 2.36. The molecule has 1 rings (SSSR count). The molecule has 100 valence electrons. The van der Waals surface area contributed by atoms with Crippen LogP contribution in [0, 0.1) is 5.92 Å². The number of carbonyl (C=O) groups excluding carboxylic acids is 1. The SMILES string of the molecule is CCN(CC)CCCN1C(=O)CNC1C(C)C. The van der Waals surface area contributed by atoms with Gasteiger partial charge in [-0.3, -0.25) is 10.1 Å². The maximum atomic E-state index is 11.8. The van der Waals surface area contributed by atoms with E-state index in [1.54, 1.807) is 0 Å². The predicted octanol–water partition coefficient (Wildman–Crippen LogP) is 1.13. The van der Waals surface area contributed by atoms with Crippen molar-refractivity contribution in [3.63, 3.8) is 0 Å². The summed E-state index contributed by atoms with van der Waals surface area (Å²) in [7, 11) is 0. The standard InChI is InChI=1S/C13H27N3O/c1-5-15(6-2)8-7-9-16-12(17)10-14-13(16)11(3)4/h11,13-14H,5-10H2,1-4H3. The summed E-state index contributed by atoms with van der Waals surface area (Å²) in [6.45, 7) is 13.3. The highest BCUT2D eigenvalue weighted by atomic mass is 16.2. The lowest BCUT2D eigenvalue weighted by Gasteiger charge is -2.28. The summed E-state index contributed by atoms with van der Waals surface area (Å²) in [6, 6.07) is 0. The van der Waals surface area contributed by atoms with Crippen LogP contribution in [0.25, 0.3) is 0 Å². The first kappa shape index (κ1) is 14.5. The number of rotatable bonds is 7. The molecule has 0 aromatic carbocycles. The second-order valence-corrected chi connectivity index (χ2v) is 5.04. The number of hydrogen-bond acceptors (Lipinski definition) is 3. The molecule has 0 spiro atoms. The summed E-state index contributed by atoms with van der Waals surface area (Å²) in [5, 5.41) is 3.28. The number of hydrogen-bond donors (Lipinski definition) is 1. The highest BCUT2D eigenvalue weighted by Gasteiger charge is 2.31. The van der Waals surface area contributed by atoms with Crippen molar-refractivity contribution in [2.75, 3.05) is 32.7 Å². The van der Waals surface area contributed by atoms with Crippen molar-refractivity contribution >= 4 is 5.91 Å². The Labute approximate surface area is 105 Å². The van der Waals surface area contributed by atoms with Crippen molar-refractivity contribution in [1.29, 1.82) is 0 Å². The van der Waals surface area contributed by atoms with Gasteiger partial charge in [0.1, 0.15) is 0 Å². The van der Waals surface area contributed by atoms with E-state index < -0.39 is 0 Å². The van der Waals surface area contributed by atoms with E-state index in [9.17, 15) is 4.79 Å². The third kappa shape index (κ3) is 3.96. The average Bonchev–Trinajstić information content (AvgIpc) is 2.66. The lowest BCUT2D eigenvalue weighted by atomic mass is 10.1. The minimum Gasteiger partial charge on any atom is -0.326 e. The van der Waals surface area contributed by atoms with Crippen LogP contribution in [0.2, 0.25) is 0 Å². The van der Waals surface area contributed by atoms with E-state index in [-0.39, 0.29) is 12.1 Å². The van der Waals surface area contributed by atoms with E-state index in [0.717, 1.165) is 32.6 Å². The zero-order chi connectivity index (χ0) is 12.8. The molecule has 0 aromatic heterocycles. The van der Waals surface area contributed by atoms with E-state index in [2.05, 4.69) is 37.9 Å². The molecule has 1 unspecified atom stereocenters. The molecule has 1 amide bonds. The van der Waals surface area contributed by atoms with Gasteiger partial charge in [-0.05, 0) is 32.0 Å². The maximum absolute atomic E-state index is 11.8. The molecule has 1 heterocycles. The quantitative estimate of drug-likeness (QED) is 0.726. The molecular formula is C13H27N3O. The van der Waals surface area contributed by atoms with Crippen molar-refractivity contribution in [2.45, 2.75) is 40.3 Å². The number of nitrogens with one attached hydrogen (secondary N) is 1. The Hall–Kier alpha value is -0.610. The molecule has 1 N–H and O–H groups in total. The molecule has 1 fully saturated rings. The zero-order valence-corrected chi connectivity index (χ0v) is 11.7. The van der Waals surface area contributed by atoms with E-state index in [1.165, 1.54) is 0 Å². The molecule has 0 bridgehead atoms. The summed E-state index contributed by atoms with van der Waals surface area (Å²) < 4.78 is 0. The fourth-order valence-corrected chi connectivity index (χ4v) is 2.42. The van der Waals surface area contributed by atoms with E-state index >= 15 is 0 Å². The first-order valence-corrected chi connectivity index (χ1v) is 6.85. The monoisotopic (exact) mass is 241 g/mol. The van der Waals surface area contributed by atoms with Crippen LogP contribution in [-0.4, -0.2) is 54.6 Å². The summed E-state index contributed by atoms with van der Waals surface area (Å²) in [5.41, 5.74) is 0. The number of amides is 1. The van der Waals surface area contributed by atoms with Gasteiger partial charge < -0.3 is 9.80 Å². The van der Waals surface area contributed by atoms with Gasteiger partial charge in [-0.25, -0.2) is 0 Å². The average molecular weight is 241 g/mol. The third-order valence-corrected chi connectivity index (χ3v) is 3.52. The minimum atomic E-state index is 0.235. The van der Waals surface area contributed by atoms with Crippen molar-refractivity contribution in [3.8, 4) is 0 Å². The fraction of sp³-hybridized carbons (Fsp3) is 0.923. The second-order valence-electron chi connectivity index (χ2n) is 5.04. The van der Waals surface area contributed by atoms with E-state index in [0.29, 0.717) is 12.5 Å².